The first kappa shape index (κ1) is 9.91. The summed E-state index contributed by atoms with van der Waals surface area (Å²) in [5, 5.41) is 4.97. The lowest BCUT2D eigenvalue weighted by molar-refractivity contribution is 0.468. The van der Waals surface area contributed by atoms with Crippen LogP contribution in [0.15, 0.2) is 24.3 Å². The Kier molecular flexibility index (Phi) is 2.44. The maximum Gasteiger partial charge on any atom is 0.0458 e. The average Bonchev–Trinajstić information content (AvgIpc) is 2.67. The molecule has 0 spiro atoms. The highest BCUT2D eigenvalue weighted by atomic mass is 14.9. The van der Waals surface area contributed by atoms with Crippen molar-refractivity contribution in [1.82, 2.24) is 10.3 Å². The van der Waals surface area contributed by atoms with E-state index in [9.17, 15) is 0 Å². The second-order valence-corrected chi connectivity index (χ2v) is 4.63. The number of benzene rings is 1. The van der Waals surface area contributed by atoms with E-state index in [0.29, 0.717) is 6.04 Å². The van der Waals surface area contributed by atoms with Gasteiger partial charge in [-0.1, -0.05) is 25.1 Å². The van der Waals surface area contributed by atoms with Crippen LogP contribution in [0.2, 0.25) is 0 Å². The van der Waals surface area contributed by atoms with Crippen LogP contribution in [0.5, 0.6) is 0 Å². The summed E-state index contributed by atoms with van der Waals surface area (Å²) in [5.41, 5.74) is 4.29. The number of aromatic nitrogens is 1. The summed E-state index contributed by atoms with van der Waals surface area (Å²) in [6.45, 7) is 3.25. The molecule has 1 atom stereocenters. The lowest BCUT2D eigenvalue weighted by Crippen LogP contribution is -2.34. The summed E-state index contributed by atoms with van der Waals surface area (Å²) in [4.78, 5) is 3.56. The largest absolute Gasteiger partial charge is 0.358 e. The molecule has 2 aromatic rings. The van der Waals surface area contributed by atoms with E-state index < -0.39 is 0 Å². The Bertz CT molecular complexity index is 498. The number of fused-ring (bicyclic) bond motifs is 3. The van der Waals surface area contributed by atoms with Gasteiger partial charge in [-0.05, 0) is 31.0 Å². The SMILES string of the molecule is CCNC1CCc2c([nH]c3ccccc23)C1. The molecular weight excluding hydrogens is 196 g/mol. The minimum atomic E-state index is 0.658. The summed E-state index contributed by atoms with van der Waals surface area (Å²) >= 11 is 0. The van der Waals surface area contributed by atoms with Gasteiger partial charge < -0.3 is 10.3 Å². The second kappa shape index (κ2) is 3.95. The molecule has 1 heterocycles. The molecule has 2 N–H and O–H groups in total. The van der Waals surface area contributed by atoms with Gasteiger partial charge in [0, 0.05) is 29.1 Å². The molecule has 0 radical (unpaired) electrons. The van der Waals surface area contributed by atoms with E-state index in [-0.39, 0.29) is 0 Å². The van der Waals surface area contributed by atoms with E-state index >= 15 is 0 Å². The number of likely N-dealkylation sites (N-methyl/N-ethyl adjacent to an activating group) is 1. The van der Waals surface area contributed by atoms with Gasteiger partial charge in [0.15, 0.2) is 0 Å². The van der Waals surface area contributed by atoms with Gasteiger partial charge in [-0.3, -0.25) is 0 Å². The Hall–Kier alpha value is -1.28. The van der Waals surface area contributed by atoms with E-state index in [1.165, 1.54) is 29.4 Å². The van der Waals surface area contributed by atoms with Gasteiger partial charge in [0.1, 0.15) is 0 Å². The van der Waals surface area contributed by atoms with E-state index in [4.69, 9.17) is 0 Å². The summed E-state index contributed by atoms with van der Waals surface area (Å²) < 4.78 is 0. The summed E-state index contributed by atoms with van der Waals surface area (Å²) in [5.74, 6) is 0. The highest BCUT2D eigenvalue weighted by Gasteiger charge is 2.21. The van der Waals surface area contributed by atoms with Crippen LogP contribution in [-0.4, -0.2) is 17.6 Å². The van der Waals surface area contributed by atoms with Gasteiger partial charge in [0.25, 0.3) is 0 Å². The molecular formula is C14H18N2. The number of aromatic amines is 1. The minimum Gasteiger partial charge on any atom is -0.358 e. The van der Waals surface area contributed by atoms with Crippen molar-refractivity contribution in [1.29, 1.82) is 0 Å². The molecule has 1 aliphatic rings. The number of rotatable bonds is 2. The van der Waals surface area contributed by atoms with Crippen molar-refractivity contribution in [2.45, 2.75) is 32.2 Å². The van der Waals surface area contributed by atoms with Crippen LogP contribution < -0.4 is 5.32 Å². The average molecular weight is 214 g/mol. The summed E-state index contributed by atoms with van der Waals surface area (Å²) in [7, 11) is 0. The normalized spacial score (nSPS) is 19.9. The Morgan fingerprint density at radius 3 is 3.12 bits per heavy atom. The first-order valence-electron chi connectivity index (χ1n) is 6.20. The van der Waals surface area contributed by atoms with Crippen LogP contribution in [0.3, 0.4) is 0 Å². The molecule has 2 nitrogen and oxygen atoms in total. The highest BCUT2D eigenvalue weighted by Crippen LogP contribution is 2.28. The van der Waals surface area contributed by atoms with Crippen molar-refractivity contribution < 1.29 is 0 Å². The molecule has 2 heteroatoms. The van der Waals surface area contributed by atoms with E-state index in [1.54, 1.807) is 5.56 Å². The predicted octanol–water partition coefficient (Wildman–Crippen LogP) is 2.63. The van der Waals surface area contributed by atoms with Gasteiger partial charge >= 0.3 is 0 Å². The fourth-order valence-electron chi connectivity index (χ4n) is 2.85. The number of hydrogen-bond donors (Lipinski definition) is 2. The molecule has 16 heavy (non-hydrogen) atoms. The standard InChI is InChI=1S/C14H18N2/c1-2-15-10-7-8-12-11-5-3-4-6-13(11)16-14(12)9-10/h3-6,10,15-16H,2,7-9H2,1H3. The molecule has 0 bridgehead atoms. The number of H-pyrrole nitrogens is 1. The fourth-order valence-corrected chi connectivity index (χ4v) is 2.85. The molecule has 1 aliphatic carbocycles. The molecule has 0 saturated heterocycles. The monoisotopic (exact) mass is 214 g/mol. The third-order valence-corrected chi connectivity index (χ3v) is 3.59. The van der Waals surface area contributed by atoms with E-state index in [2.05, 4.69) is 41.5 Å². The quantitative estimate of drug-likeness (QED) is 0.790. The van der Waals surface area contributed by atoms with Crippen molar-refractivity contribution in [2.24, 2.45) is 0 Å². The molecule has 0 aliphatic heterocycles. The van der Waals surface area contributed by atoms with E-state index in [0.717, 1.165) is 13.0 Å². The lowest BCUT2D eigenvalue weighted by atomic mass is 9.92. The minimum absolute atomic E-state index is 0.658. The van der Waals surface area contributed by atoms with Crippen molar-refractivity contribution >= 4 is 10.9 Å². The number of hydrogen-bond acceptors (Lipinski definition) is 1. The van der Waals surface area contributed by atoms with Crippen LogP contribution in [0.1, 0.15) is 24.6 Å². The van der Waals surface area contributed by atoms with Crippen LogP contribution in [-0.2, 0) is 12.8 Å². The molecule has 1 aromatic carbocycles. The molecule has 1 aromatic heterocycles. The zero-order valence-corrected chi connectivity index (χ0v) is 9.72. The zero-order chi connectivity index (χ0) is 11.0. The number of para-hydroxylation sites is 1. The van der Waals surface area contributed by atoms with Crippen LogP contribution in [0.25, 0.3) is 10.9 Å². The molecule has 0 saturated carbocycles. The van der Waals surface area contributed by atoms with Crippen molar-refractivity contribution in [2.75, 3.05) is 6.54 Å². The number of nitrogens with one attached hydrogen (secondary N) is 2. The summed E-state index contributed by atoms with van der Waals surface area (Å²) in [6, 6.07) is 9.30. The maximum atomic E-state index is 3.56. The van der Waals surface area contributed by atoms with Gasteiger partial charge in [-0.15, -0.1) is 0 Å². The van der Waals surface area contributed by atoms with Gasteiger partial charge in [0.2, 0.25) is 0 Å². The van der Waals surface area contributed by atoms with Gasteiger partial charge in [0.05, 0.1) is 0 Å². The Morgan fingerprint density at radius 1 is 1.38 bits per heavy atom. The van der Waals surface area contributed by atoms with Crippen LogP contribution in [0, 0.1) is 0 Å². The van der Waals surface area contributed by atoms with Crippen molar-refractivity contribution in [3.05, 3.63) is 35.5 Å². The lowest BCUT2D eigenvalue weighted by Gasteiger charge is -2.22. The number of aryl methyl sites for hydroxylation is 1. The fraction of sp³-hybridized carbons (Fsp3) is 0.429. The molecule has 0 fully saturated rings. The smallest absolute Gasteiger partial charge is 0.0458 e. The molecule has 84 valence electrons. The van der Waals surface area contributed by atoms with Crippen LogP contribution >= 0.6 is 0 Å². The highest BCUT2D eigenvalue weighted by molar-refractivity contribution is 5.84. The Balaban J connectivity index is 1.99. The van der Waals surface area contributed by atoms with Crippen molar-refractivity contribution in [3.8, 4) is 0 Å². The molecule has 3 rings (SSSR count). The zero-order valence-electron chi connectivity index (χ0n) is 9.72. The predicted molar refractivity (Wildman–Crippen MR) is 67.8 cm³/mol. The van der Waals surface area contributed by atoms with Crippen molar-refractivity contribution in [3.63, 3.8) is 0 Å². The third kappa shape index (κ3) is 1.54. The second-order valence-electron chi connectivity index (χ2n) is 4.63. The Morgan fingerprint density at radius 2 is 2.25 bits per heavy atom. The van der Waals surface area contributed by atoms with E-state index in [1.807, 2.05) is 0 Å². The van der Waals surface area contributed by atoms with Gasteiger partial charge in [-0.25, -0.2) is 0 Å². The Labute approximate surface area is 96.1 Å². The maximum absolute atomic E-state index is 3.56. The third-order valence-electron chi connectivity index (χ3n) is 3.59. The van der Waals surface area contributed by atoms with Crippen LogP contribution in [0.4, 0.5) is 0 Å². The first-order valence-corrected chi connectivity index (χ1v) is 6.20. The first-order chi connectivity index (χ1) is 7.88. The van der Waals surface area contributed by atoms with Gasteiger partial charge in [-0.2, -0.15) is 0 Å². The molecule has 0 amide bonds. The molecule has 1 unspecified atom stereocenters. The topological polar surface area (TPSA) is 27.8 Å². The summed E-state index contributed by atoms with van der Waals surface area (Å²) in [6.07, 6.45) is 3.62.